The molecule has 1 unspecified atom stereocenters. The molecule has 136 valence electrons. The van der Waals surface area contributed by atoms with Crippen LogP contribution >= 0.6 is 0 Å². The molecule has 0 bridgehead atoms. The highest BCUT2D eigenvalue weighted by Crippen LogP contribution is 2.19. The van der Waals surface area contributed by atoms with Crippen molar-refractivity contribution in [2.75, 3.05) is 19.6 Å². The lowest BCUT2D eigenvalue weighted by Crippen LogP contribution is -2.43. The van der Waals surface area contributed by atoms with E-state index in [-0.39, 0.29) is 30.6 Å². The molecule has 1 saturated heterocycles. The number of hydrogen-bond acceptors (Lipinski definition) is 3. The van der Waals surface area contributed by atoms with E-state index in [1.54, 1.807) is 0 Å². The lowest BCUT2D eigenvalue weighted by Gasteiger charge is -2.28. The van der Waals surface area contributed by atoms with Crippen LogP contribution in [0.5, 0.6) is 0 Å². The molecule has 6 nitrogen and oxygen atoms in total. The van der Waals surface area contributed by atoms with E-state index >= 15 is 0 Å². The number of aliphatic carboxylic acids is 1. The highest BCUT2D eigenvalue weighted by molar-refractivity contribution is 5.94. The van der Waals surface area contributed by atoms with Gasteiger partial charge in [0.05, 0.1) is 0 Å². The standard InChI is InChI=1S/C17H20F2N2O4/c1-11(22)21(10-16(23)24)15-3-2-5-20(6-4-15)17(25)12-7-13(18)9-14(19)8-12/h7-9,15H,2-6,10H2,1H3,(H,23,24). The van der Waals surface area contributed by atoms with Crippen LogP contribution < -0.4 is 0 Å². The predicted molar refractivity (Wildman–Crippen MR) is 84.9 cm³/mol. The van der Waals surface area contributed by atoms with Crippen LogP contribution in [0, 0.1) is 11.6 Å². The van der Waals surface area contributed by atoms with Gasteiger partial charge in [0.2, 0.25) is 5.91 Å². The van der Waals surface area contributed by atoms with Crippen molar-refractivity contribution in [3.8, 4) is 0 Å². The first kappa shape index (κ1) is 18.8. The summed E-state index contributed by atoms with van der Waals surface area (Å²) in [5.74, 6) is -3.55. The number of carboxylic acid groups (broad SMARTS) is 1. The molecule has 1 heterocycles. The molecule has 0 radical (unpaired) electrons. The number of amides is 2. The maximum Gasteiger partial charge on any atom is 0.323 e. The van der Waals surface area contributed by atoms with Crippen molar-refractivity contribution in [2.24, 2.45) is 0 Å². The van der Waals surface area contributed by atoms with E-state index in [4.69, 9.17) is 5.11 Å². The van der Waals surface area contributed by atoms with Gasteiger partial charge in [-0.05, 0) is 31.4 Å². The summed E-state index contributed by atoms with van der Waals surface area (Å²) in [5, 5.41) is 8.95. The molecule has 1 atom stereocenters. The lowest BCUT2D eigenvalue weighted by molar-refractivity contribution is -0.145. The van der Waals surface area contributed by atoms with Crippen molar-refractivity contribution in [1.82, 2.24) is 9.80 Å². The Kier molecular flexibility index (Phi) is 6.06. The minimum atomic E-state index is -1.09. The van der Waals surface area contributed by atoms with Crippen molar-refractivity contribution in [2.45, 2.75) is 32.2 Å². The fourth-order valence-corrected chi connectivity index (χ4v) is 3.10. The highest BCUT2D eigenvalue weighted by atomic mass is 19.1. The lowest BCUT2D eigenvalue weighted by atomic mass is 10.1. The number of benzene rings is 1. The average molecular weight is 354 g/mol. The Hall–Kier alpha value is -2.51. The maximum atomic E-state index is 13.3. The van der Waals surface area contributed by atoms with Gasteiger partial charge >= 0.3 is 5.97 Å². The van der Waals surface area contributed by atoms with E-state index in [0.29, 0.717) is 31.9 Å². The van der Waals surface area contributed by atoms with Crippen LogP contribution in [0.3, 0.4) is 0 Å². The molecule has 2 amide bonds. The maximum absolute atomic E-state index is 13.3. The van der Waals surface area contributed by atoms with Gasteiger partial charge in [0, 0.05) is 37.7 Å². The molecule has 0 aliphatic carbocycles. The van der Waals surface area contributed by atoms with Crippen LogP contribution in [0.1, 0.15) is 36.5 Å². The van der Waals surface area contributed by atoms with Crippen molar-refractivity contribution < 1.29 is 28.3 Å². The van der Waals surface area contributed by atoms with Gasteiger partial charge in [-0.25, -0.2) is 8.78 Å². The zero-order valence-electron chi connectivity index (χ0n) is 13.9. The molecule has 2 rings (SSSR count). The molecule has 0 saturated carbocycles. The summed E-state index contributed by atoms with van der Waals surface area (Å²) in [6, 6.07) is 2.39. The van der Waals surface area contributed by atoms with Crippen LogP contribution in [0.15, 0.2) is 18.2 Å². The summed E-state index contributed by atoms with van der Waals surface area (Å²) in [6.45, 7) is 1.59. The average Bonchev–Trinajstić information content (AvgIpc) is 2.76. The van der Waals surface area contributed by atoms with Gasteiger partial charge in [0.1, 0.15) is 18.2 Å². The van der Waals surface area contributed by atoms with Gasteiger partial charge < -0.3 is 14.9 Å². The van der Waals surface area contributed by atoms with Crippen LogP contribution in [0.2, 0.25) is 0 Å². The smallest absolute Gasteiger partial charge is 0.323 e. The first-order valence-electron chi connectivity index (χ1n) is 8.02. The first-order valence-corrected chi connectivity index (χ1v) is 8.02. The van der Waals surface area contributed by atoms with E-state index in [9.17, 15) is 23.2 Å². The highest BCUT2D eigenvalue weighted by Gasteiger charge is 2.28. The van der Waals surface area contributed by atoms with Crippen LogP contribution in [-0.4, -0.2) is 58.4 Å². The van der Waals surface area contributed by atoms with Crippen LogP contribution in [0.25, 0.3) is 0 Å². The minimum Gasteiger partial charge on any atom is -0.480 e. The Balaban J connectivity index is 2.08. The third-order valence-electron chi connectivity index (χ3n) is 4.25. The summed E-state index contributed by atoms with van der Waals surface area (Å²) < 4.78 is 26.6. The summed E-state index contributed by atoms with van der Waals surface area (Å²) in [5.41, 5.74) is -0.0649. The third-order valence-corrected chi connectivity index (χ3v) is 4.25. The summed E-state index contributed by atoms with van der Waals surface area (Å²) in [7, 11) is 0. The van der Waals surface area contributed by atoms with E-state index in [1.165, 1.54) is 16.7 Å². The third kappa shape index (κ3) is 4.98. The van der Waals surface area contributed by atoms with Crippen molar-refractivity contribution in [3.63, 3.8) is 0 Å². The van der Waals surface area contributed by atoms with Gasteiger partial charge in [-0.2, -0.15) is 0 Å². The second kappa shape index (κ2) is 8.04. The van der Waals surface area contributed by atoms with Gasteiger partial charge in [0.25, 0.3) is 5.91 Å². The number of likely N-dealkylation sites (tertiary alicyclic amines) is 1. The number of nitrogens with zero attached hydrogens (tertiary/aromatic N) is 2. The van der Waals surface area contributed by atoms with Crippen molar-refractivity contribution >= 4 is 17.8 Å². The van der Waals surface area contributed by atoms with Crippen LogP contribution in [0.4, 0.5) is 8.78 Å². The van der Waals surface area contributed by atoms with Crippen LogP contribution in [-0.2, 0) is 9.59 Å². The molecule has 1 aliphatic rings. The van der Waals surface area contributed by atoms with Gasteiger partial charge in [-0.1, -0.05) is 0 Å². The normalized spacial score (nSPS) is 17.7. The zero-order chi connectivity index (χ0) is 18.6. The molecule has 1 N–H and O–H groups in total. The Bertz CT molecular complexity index is 660. The molecule has 1 aromatic rings. The molecule has 1 fully saturated rings. The number of carbonyl (C=O) groups is 3. The van der Waals surface area contributed by atoms with Gasteiger partial charge in [-0.3, -0.25) is 14.4 Å². The SMILES string of the molecule is CC(=O)N(CC(=O)O)C1CCCN(C(=O)c2cc(F)cc(F)c2)CC1. The monoisotopic (exact) mass is 354 g/mol. The Morgan fingerprint density at radius 2 is 1.80 bits per heavy atom. The van der Waals surface area contributed by atoms with Crippen molar-refractivity contribution in [3.05, 3.63) is 35.4 Å². The fraction of sp³-hybridized carbons (Fsp3) is 0.471. The van der Waals surface area contributed by atoms with E-state index < -0.39 is 23.5 Å². The Labute approximate surface area is 144 Å². The van der Waals surface area contributed by atoms with Crippen molar-refractivity contribution in [1.29, 1.82) is 0 Å². The number of rotatable bonds is 4. The molecule has 0 aromatic heterocycles. The number of carboxylic acids is 1. The molecular formula is C17H20F2N2O4. The molecule has 8 heteroatoms. The zero-order valence-corrected chi connectivity index (χ0v) is 13.9. The quantitative estimate of drug-likeness (QED) is 0.896. The summed E-state index contributed by atoms with van der Waals surface area (Å²) >= 11 is 0. The van der Waals surface area contributed by atoms with Gasteiger partial charge in [0.15, 0.2) is 0 Å². The van der Waals surface area contributed by atoms with E-state index in [1.807, 2.05) is 0 Å². The second-order valence-electron chi connectivity index (χ2n) is 6.08. The summed E-state index contributed by atoms with van der Waals surface area (Å²) in [6.07, 6.45) is 1.54. The molecule has 1 aromatic carbocycles. The first-order chi connectivity index (χ1) is 11.8. The number of hydrogen-bond donors (Lipinski definition) is 1. The minimum absolute atomic E-state index is 0.0649. The Morgan fingerprint density at radius 1 is 1.16 bits per heavy atom. The molecule has 25 heavy (non-hydrogen) atoms. The predicted octanol–water partition coefficient (Wildman–Crippen LogP) is 1.89. The topological polar surface area (TPSA) is 77.9 Å². The Morgan fingerprint density at radius 3 is 2.36 bits per heavy atom. The molecule has 0 spiro atoms. The summed E-state index contributed by atoms with van der Waals surface area (Å²) in [4.78, 5) is 37.9. The molecular weight excluding hydrogens is 334 g/mol. The number of carbonyl (C=O) groups excluding carboxylic acids is 2. The molecule has 1 aliphatic heterocycles. The van der Waals surface area contributed by atoms with E-state index in [2.05, 4.69) is 0 Å². The second-order valence-corrected chi connectivity index (χ2v) is 6.08. The van der Waals surface area contributed by atoms with E-state index in [0.717, 1.165) is 12.1 Å². The fourth-order valence-electron chi connectivity index (χ4n) is 3.10. The number of halogens is 2. The van der Waals surface area contributed by atoms with Gasteiger partial charge in [-0.15, -0.1) is 0 Å². The largest absolute Gasteiger partial charge is 0.480 e.